The second-order valence-corrected chi connectivity index (χ2v) is 10.6. The van der Waals surface area contributed by atoms with E-state index in [-0.39, 0.29) is 41.9 Å². The van der Waals surface area contributed by atoms with Gasteiger partial charge in [-0.1, -0.05) is 0 Å². The summed E-state index contributed by atoms with van der Waals surface area (Å²) in [5.41, 5.74) is 7.89. The number of anilines is 2. The smallest absolute Gasteiger partial charge is 0.360 e. The Balaban J connectivity index is 1.37. The second kappa shape index (κ2) is 9.98. The first-order valence-electron chi connectivity index (χ1n) is 12.2. The molecule has 2 heterocycles. The fraction of sp³-hybridized carbons (Fsp3) is 0.583. The van der Waals surface area contributed by atoms with Crippen molar-refractivity contribution in [1.29, 1.82) is 0 Å². The van der Waals surface area contributed by atoms with E-state index >= 15 is 0 Å². The van der Waals surface area contributed by atoms with Gasteiger partial charge in [0.2, 0.25) is 5.91 Å². The summed E-state index contributed by atoms with van der Waals surface area (Å²) in [7, 11) is 1.53. The molecular weight excluding hydrogens is 470 g/mol. The Kier molecular flexibility index (Phi) is 6.79. The molecule has 10 nitrogen and oxygen atoms in total. The van der Waals surface area contributed by atoms with Gasteiger partial charge < -0.3 is 30.4 Å². The zero-order valence-corrected chi connectivity index (χ0v) is 20.6. The Morgan fingerprint density at radius 1 is 1.20 bits per heavy atom. The summed E-state index contributed by atoms with van der Waals surface area (Å²) in [6.07, 6.45) is 7.75. The maximum Gasteiger partial charge on any atom is 0.360 e. The molecule has 0 spiro atoms. The van der Waals surface area contributed by atoms with Crippen molar-refractivity contribution in [2.24, 2.45) is 11.8 Å². The Labute approximate surface area is 207 Å². The number of fused-ring (bicyclic) bond motifs is 1. The zero-order chi connectivity index (χ0) is 24.5. The topological polar surface area (TPSA) is 138 Å². The van der Waals surface area contributed by atoms with Gasteiger partial charge in [0.15, 0.2) is 5.69 Å². The first kappa shape index (κ1) is 23.8. The van der Waals surface area contributed by atoms with Gasteiger partial charge in [-0.25, -0.2) is 9.78 Å². The number of aryl methyl sites for hydroxylation is 1. The van der Waals surface area contributed by atoms with Crippen LogP contribution in [0.3, 0.4) is 0 Å². The van der Waals surface area contributed by atoms with Crippen LogP contribution in [0.2, 0.25) is 0 Å². The monoisotopic (exact) mass is 501 g/mol. The number of esters is 1. The maximum absolute atomic E-state index is 13.3. The Morgan fingerprint density at radius 3 is 2.71 bits per heavy atom. The normalized spacial score (nSPS) is 19.2. The summed E-state index contributed by atoms with van der Waals surface area (Å²) in [6.45, 7) is 1.07. The molecule has 2 aromatic heterocycles. The molecule has 2 aromatic rings. The quantitative estimate of drug-likeness (QED) is 0.336. The number of methoxy groups -OCH3 is 1. The van der Waals surface area contributed by atoms with Crippen LogP contribution < -0.4 is 16.4 Å². The highest BCUT2D eigenvalue weighted by Crippen LogP contribution is 2.43. The lowest BCUT2D eigenvalue weighted by Gasteiger charge is -2.25. The molecule has 0 radical (unpaired) electrons. The molecule has 0 unspecified atom stereocenters. The first-order chi connectivity index (χ1) is 17.0. The van der Waals surface area contributed by atoms with Crippen LogP contribution in [0.5, 0.6) is 0 Å². The summed E-state index contributed by atoms with van der Waals surface area (Å²) in [5, 5.41) is 6.73. The summed E-state index contributed by atoms with van der Waals surface area (Å²) < 4.78 is 11.9. The number of nitrogen functional groups attached to an aromatic ring is 1. The van der Waals surface area contributed by atoms with Crippen LogP contribution in [-0.4, -0.2) is 54.2 Å². The lowest BCUT2D eigenvalue weighted by atomic mass is 9.91. The molecule has 11 heteroatoms. The molecule has 2 fully saturated rings. The van der Waals surface area contributed by atoms with Crippen molar-refractivity contribution in [2.45, 2.75) is 51.0 Å². The Bertz CT molecular complexity index is 1130. The molecule has 0 aromatic carbocycles. The lowest BCUT2D eigenvalue weighted by molar-refractivity contribution is -0.117. The van der Waals surface area contributed by atoms with Crippen LogP contribution in [0.25, 0.3) is 0 Å². The van der Waals surface area contributed by atoms with Crippen molar-refractivity contribution < 1.29 is 23.9 Å². The minimum Gasteiger partial charge on any atom is -0.458 e. The molecule has 35 heavy (non-hydrogen) atoms. The van der Waals surface area contributed by atoms with Crippen molar-refractivity contribution in [3.63, 3.8) is 0 Å². The molecule has 2 amide bonds. The number of nitrogens with two attached hydrogens (primary N) is 1. The SMILES string of the molecule is COCCOC(=O)c1ncn([C@H]2CCc3sc(NC(=O)C4CC4)c(C(=O)NCC4CC4)c3C2)c1N. The third kappa shape index (κ3) is 5.20. The largest absolute Gasteiger partial charge is 0.458 e. The van der Waals surface area contributed by atoms with Crippen LogP contribution in [0.15, 0.2) is 6.33 Å². The number of aromatic nitrogens is 2. The van der Waals surface area contributed by atoms with E-state index in [4.69, 9.17) is 15.2 Å². The average Bonchev–Trinajstić information content (AvgIpc) is 3.77. The number of imidazole rings is 1. The molecule has 3 aliphatic carbocycles. The van der Waals surface area contributed by atoms with Gasteiger partial charge in [0.05, 0.1) is 18.5 Å². The highest BCUT2D eigenvalue weighted by molar-refractivity contribution is 7.17. The first-order valence-corrected chi connectivity index (χ1v) is 13.0. The molecule has 0 aliphatic heterocycles. The Morgan fingerprint density at radius 2 is 2.00 bits per heavy atom. The number of thiophene rings is 1. The van der Waals surface area contributed by atoms with Gasteiger partial charge in [0, 0.05) is 30.5 Å². The van der Waals surface area contributed by atoms with Crippen LogP contribution in [-0.2, 0) is 27.1 Å². The van der Waals surface area contributed by atoms with E-state index in [0.29, 0.717) is 36.1 Å². The molecule has 188 valence electrons. The summed E-state index contributed by atoms with van der Waals surface area (Å²) in [5.74, 6) is 0.123. The zero-order valence-electron chi connectivity index (χ0n) is 19.8. The third-order valence-corrected chi connectivity index (χ3v) is 8.04. The molecule has 5 rings (SSSR count). The van der Waals surface area contributed by atoms with Gasteiger partial charge in [0.25, 0.3) is 5.91 Å². The van der Waals surface area contributed by atoms with Crippen LogP contribution >= 0.6 is 11.3 Å². The highest BCUT2D eigenvalue weighted by Gasteiger charge is 2.35. The fourth-order valence-electron chi connectivity index (χ4n) is 4.44. The van der Waals surface area contributed by atoms with Crippen molar-refractivity contribution >= 4 is 39.9 Å². The van der Waals surface area contributed by atoms with Gasteiger partial charge in [-0.2, -0.15) is 0 Å². The molecule has 1 atom stereocenters. The van der Waals surface area contributed by atoms with E-state index < -0.39 is 5.97 Å². The van der Waals surface area contributed by atoms with Crippen molar-refractivity contribution in [3.8, 4) is 0 Å². The number of nitrogens with one attached hydrogen (secondary N) is 2. The standard InChI is InChI=1S/C24H31N5O5S/c1-33-8-9-34-24(32)19-20(25)29(12-27-19)15-6-7-17-16(10-15)18(22(31)26-11-13-2-3-13)23(35-17)28-21(30)14-4-5-14/h12-15H,2-11,25H2,1H3,(H,26,31)(H,28,30)/t15-/m0/s1. The second-order valence-electron chi connectivity index (χ2n) is 9.54. The van der Waals surface area contributed by atoms with E-state index in [1.807, 2.05) is 0 Å². The van der Waals surface area contributed by atoms with Gasteiger partial charge in [0.1, 0.15) is 17.4 Å². The van der Waals surface area contributed by atoms with Crippen molar-refractivity contribution in [1.82, 2.24) is 14.9 Å². The van der Waals surface area contributed by atoms with Gasteiger partial charge in [-0.05, 0) is 56.4 Å². The van der Waals surface area contributed by atoms with Gasteiger partial charge in [-0.15, -0.1) is 11.3 Å². The van der Waals surface area contributed by atoms with Crippen LogP contribution in [0, 0.1) is 11.8 Å². The highest BCUT2D eigenvalue weighted by atomic mass is 32.1. The predicted molar refractivity (Wildman–Crippen MR) is 131 cm³/mol. The van der Waals surface area contributed by atoms with Crippen LogP contribution in [0.4, 0.5) is 10.8 Å². The van der Waals surface area contributed by atoms with Crippen LogP contribution in [0.1, 0.15) is 69.4 Å². The molecule has 0 saturated heterocycles. The van der Waals surface area contributed by atoms with Crippen molar-refractivity contribution in [3.05, 3.63) is 28.0 Å². The molecule has 3 aliphatic rings. The van der Waals surface area contributed by atoms with Crippen molar-refractivity contribution in [2.75, 3.05) is 37.9 Å². The van der Waals surface area contributed by atoms with Gasteiger partial charge in [-0.3, -0.25) is 9.59 Å². The number of amides is 2. The predicted octanol–water partition coefficient (Wildman–Crippen LogP) is 2.55. The minimum atomic E-state index is -0.587. The maximum atomic E-state index is 13.3. The average molecular weight is 502 g/mol. The summed E-state index contributed by atoms with van der Waals surface area (Å²) in [6, 6.07) is -0.0629. The molecule has 2 saturated carbocycles. The van der Waals surface area contributed by atoms with E-state index in [9.17, 15) is 14.4 Å². The lowest BCUT2D eigenvalue weighted by Crippen LogP contribution is -2.28. The molecule has 0 bridgehead atoms. The Hall–Kier alpha value is -2.92. The molecule has 4 N–H and O–H groups in total. The molecular formula is C24H31N5O5S. The number of ether oxygens (including phenoxy) is 2. The minimum absolute atomic E-state index is 0.00753. The third-order valence-electron chi connectivity index (χ3n) is 6.83. The number of hydrogen-bond acceptors (Lipinski definition) is 8. The van der Waals surface area contributed by atoms with E-state index in [1.165, 1.54) is 18.4 Å². The number of rotatable bonds is 10. The number of carbonyl (C=O) groups excluding carboxylic acids is 3. The van der Waals surface area contributed by atoms with E-state index in [1.54, 1.807) is 10.9 Å². The number of nitrogens with zero attached hydrogens (tertiary/aromatic N) is 2. The summed E-state index contributed by atoms with van der Waals surface area (Å²) in [4.78, 5) is 43.4. The van der Waals surface area contributed by atoms with Gasteiger partial charge >= 0.3 is 5.97 Å². The van der Waals surface area contributed by atoms with E-state index in [0.717, 1.165) is 49.0 Å². The summed E-state index contributed by atoms with van der Waals surface area (Å²) >= 11 is 1.50. The van der Waals surface area contributed by atoms with E-state index in [2.05, 4.69) is 15.6 Å². The number of hydrogen-bond donors (Lipinski definition) is 3. The number of carbonyl (C=O) groups is 3. The fourth-order valence-corrected chi connectivity index (χ4v) is 5.69.